The molecule has 0 heterocycles. The van der Waals surface area contributed by atoms with E-state index in [4.69, 9.17) is 0 Å². The maximum atomic E-state index is 12.4. The van der Waals surface area contributed by atoms with Gasteiger partial charge in [-0.1, -0.05) is 132 Å². The number of amides is 1. The van der Waals surface area contributed by atoms with Gasteiger partial charge in [-0.05, 0) is 70.6 Å². The summed E-state index contributed by atoms with van der Waals surface area (Å²) in [5.74, 6) is -1.03. The second-order valence-corrected chi connectivity index (χ2v) is 12.9. The smallest absolute Gasteiger partial charge is 0.267 e. The molecule has 2 unspecified atom stereocenters. The molecule has 0 spiro atoms. The monoisotopic (exact) mass is 633 g/mol. The van der Waals surface area contributed by atoms with E-state index < -0.39 is 28.0 Å². The predicted molar refractivity (Wildman–Crippen MR) is 188 cm³/mol. The lowest BCUT2D eigenvalue weighted by Crippen LogP contribution is -2.46. The van der Waals surface area contributed by atoms with Crippen LogP contribution in [0.2, 0.25) is 0 Å². The van der Waals surface area contributed by atoms with Crippen molar-refractivity contribution in [1.29, 1.82) is 0 Å². The van der Waals surface area contributed by atoms with E-state index in [0.29, 0.717) is 12.8 Å². The molecular weight excluding hydrogens is 570 g/mol. The molecule has 3 N–H and O–H groups in total. The fraction of sp³-hybridized carbons (Fsp3) is 0.649. The minimum absolute atomic E-state index is 0.267. The van der Waals surface area contributed by atoms with Gasteiger partial charge in [0.1, 0.15) is 0 Å². The number of nitrogens with one attached hydrogen (secondary N) is 1. The van der Waals surface area contributed by atoms with Crippen LogP contribution in [0.3, 0.4) is 0 Å². The molecule has 0 saturated heterocycles. The first-order valence-corrected chi connectivity index (χ1v) is 18.7. The standard InChI is InChI=1S/C37H63NO5S/c1-3-5-7-9-11-13-15-16-17-18-19-20-21-22-23-25-27-29-31-33-37(40)38-35(34-44(41,42)43)36(39)32-30-28-26-24-14-12-10-8-6-4-2/h5,7,11,13-14,16-17,19-20,24,30,32,35-36,39H,3-4,6,8-10,12,15,18,21-23,25-29,31,33-34H2,1-2H3,(H,38,40)(H,41,42,43)/b7-5-,13-11-,17-16-,20-19-,24-14+,32-30+. The predicted octanol–water partition coefficient (Wildman–Crippen LogP) is 9.51. The topological polar surface area (TPSA) is 104 Å². The summed E-state index contributed by atoms with van der Waals surface area (Å²) in [6, 6.07) is -1.08. The number of unbranched alkanes of at least 4 members (excludes halogenated alkanes) is 11. The number of hydrogen-bond acceptors (Lipinski definition) is 4. The van der Waals surface area contributed by atoms with E-state index in [2.05, 4.69) is 79.9 Å². The highest BCUT2D eigenvalue weighted by Crippen LogP contribution is 2.10. The Kier molecular flexibility index (Phi) is 29.2. The van der Waals surface area contributed by atoms with E-state index in [1.807, 2.05) is 0 Å². The SMILES string of the molecule is CC/C=C\C/C=C\C/C=C\C/C=C\CCCCCCCCC(=O)NC(CS(=O)(=O)O)C(O)/C=C/CC/C=C/CCCCCC. The molecular formula is C37H63NO5S. The van der Waals surface area contributed by atoms with Crippen LogP contribution in [0.25, 0.3) is 0 Å². The molecule has 0 aliphatic rings. The van der Waals surface area contributed by atoms with Gasteiger partial charge in [0.15, 0.2) is 0 Å². The first kappa shape index (κ1) is 41.8. The molecule has 0 aromatic carbocycles. The highest BCUT2D eigenvalue weighted by molar-refractivity contribution is 7.85. The van der Waals surface area contributed by atoms with Crippen molar-refractivity contribution in [1.82, 2.24) is 5.32 Å². The second-order valence-electron chi connectivity index (χ2n) is 11.4. The summed E-state index contributed by atoms with van der Waals surface area (Å²) in [6.07, 6.45) is 43.2. The van der Waals surface area contributed by atoms with Crippen molar-refractivity contribution in [2.24, 2.45) is 0 Å². The largest absolute Gasteiger partial charge is 0.387 e. The van der Waals surface area contributed by atoms with Gasteiger partial charge in [0.25, 0.3) is 10.1 Å². The van der Waals surface area contributed by atoms with Gasteiger partial charge in [-0.3, -0.25) is 9.35 Å². The van der Waals surface area contributed by atoms with E-state index >= 15 is 0 Å². The van der Waals surface area contributed by atoms with Crippen molar-refractivity contribution in [2.45, 2.75) is 148 Å². The first-order chi connectivity index (χ1) is 21.3. The zero-order valence-electron chi connectivity index (χ0n) is 27.8. The molecule has 0 aromatic heterocycles. The minimum Gasteiger partial charge on any atom is -0.387 e. The van der Waals surface area contributed by atoms with Crippen molar-refractivity contribution in [3.8, 4) is 0 Å². The van der Waals surface area contributed by atoms with E-state index in [-0.39, 0.29) is 12.3 Å². The van der Waals surface area contributed by atoms with Crippen LogP contribution in [-0.4, -0.2) is 41.9 Å². The zero-order chi connectivity index (χ0) is 32.6. The van der Waals surface area contributed by atoms with Gasteiger partial charge in [0.05, 0.1) is 17.9 Å². The average Bonchev–Trinajstić information content (AvgIpc) is 2.98. The molecule has 0 aromatic rings. The summed E-state index contributed by atoms with van der Waals surface area (Å²) in [6.45, 7) is 4.34. The first-order valence-electron chi connectivity index (χ1n) is 17.1. The average molecular weight is 634 g/mol. The Labute approximate surface area is 270 Å². The van der Waals surface area contributed by atoms with Gasteiger partial charge >= 0.3 is 0 Å². The van der Waals surface area contributed by atoms with Crippen LogP contribution in [0.5, 0.6) is 0 Å². The molecule has 2 atom stereocenters. The maximum absolute atomic E-state index is 12.4. The van der Waals surface area contributed by atoms with Crippen LogP contribution in [0.1, 0.15) is 136 Å². The summed E-state index contributed by atoms with van der Waals surface area (Å²) in [7, 11) is -4.35. The Morgan fingerprint density at radius 1 is 0.636 bits per heavy atom. The third-order valence-corrected chi connectivity index (χ3v) is 7.90. The molecule has 0 fully saturated rings. The lowest BCUT2D eigenvalue weighted by molar-refractivity contribution is -0.122. The van der Waals surface area contributed by atoms with Crippen molar-refractivity contribution in [2.75, 3.05) is 5.75 Å². The molecule has 252 valence electrons. The maximum Gasteiger partial charge on any atom is 0.267 e. The number of allylic oxidation sites excluding steroid dienone is 11. The fourth-order valence-corrected chi connectivity index (χ4v) is 5.31. The fourth-order valence-electron chi connectivity index (χ4n) is 4.57. The minimum atomic E-state index is -4.35. The van der Waals surface area contributed by atoms with E-state index in [1.54, 1.807) is 6.08 Å². The third kappa shape index (κ3) is 31.2. The number of aliphatic hydroxyl groups is 1. The molecule has 0 bridgehead atoms. The van der Waals surface area contributed by atoms with Gasteiger partial charge in [-0.25, -0.2) is 0 Å². The molecule has 0 aliphatic heterocycles. The van der Waals surface area contributed by atoms with Crippen LogP contribution < -0.4 is 5.32 Å². The van der Waals surface area contributed by atoms with Gasteiger partial charge in [-0.2, -0.15) is 8.42 Å². The van der Waals surface area contributed by atoms with Crippen molar-refractivity contribution in [3.63, 3.8) is 0 Å². The summed E-state index contributed by atoms with van der Waals surface area (Å²) in [5.41, 5.74) is 0. The molecule has 44 heavy (non-hydrogen) atoms. The summed E-state index contributed by atoms with van der Waals surface area (Å²) < 4.78 is 32.2. The van der Waals surface area contributed by atoms with E-state index in [1.165, 1.54) is 31.8 Å². The Morgan fingerprint density at radius 2 is 1.11 bits per heavy atom. The third-order valence-electron chi connectivity index (χ3n) is 7.12. The van der Waals surface area contributed by atoms with Crippen LogP contribution in [0.4, 0.5) is 0 Å². The summed E-state index contributed by atoms with van der Waals surface area (Å²) >= 11 is 0. The number of hydrogen-bond donors (Lipinski definition) is 3. The van der Waals surface area contributed by atoms with Gasteiger partial charge in [0.2, 0.25) is 5.91 Å². The zero-order valence-corrected chi connectivity index (χ0v) is 28.6. The van der Waals surface area contributed by atoms with Gasteiger partial charge in [-0.15, -0.1) is 0 Å². The van der Waals surface area contributed by atoms with Crippen molar-refractivity contribution in [3.05, 3.63) is 72.9 Å². The Hall–Kier alpha value is -2.22. The Bertz CT molecular complexity index is 962. The lowest BCUT2D eigenvalue weighted by Gasteiger charge is -2.21. The highest BCUT2D eigenvalue weighted by Gasteiger charge is 2.24. The normalized spacial score (nSPS) is 14.4. The number of carbonyl (C=O) groups is 1. The number of carbonyl (C=O) groups excluding carboxylic acids is 1. The summed E-state index contributed by atoms with van der Waals surface area (Å²) in [4.78, 5) is 12.4. The van der Waals surface area contributed by atoms with Crippen LogP contribution in [0.15, 0.2) is 72.9 Å². The Balaban J connectivity index is 4.06. The summed E-state index contributed by atoms with van der Waals surface area (Å²) in [5, 5.41) is 13.1. The molecule has 0 aliphatic carbocycles. The molecule has 1 amide bonds. The van der Waals surface area contributed by atoms with Crippen molar-refractivity contribution >= 4 is 16.0 Å². The lowest BCUT2D eigenvalue weighted by atomic mass is 10.1. The van der Waals surface area contributed by atoms with Crippen LogP contribution in [0, 0.1) is 0 Å². The molecule has 0 rings (SSSR count). The van der Waals surface area contributed by atoms with E-state index in [9.17, 15) is 22.9 Å². The second kappa shape index (κ2) is 30.8. The van der Waals surface area contributed by atoms with Crippen molar-refractivity contribution < 1.29 is 22.9 Å². The highest BCUT2D eigenvalue weighted by atomic mass is 32.2. The number of aliphatic hydroxyl groups excluding tert-OH is 1. The number of rotatable bonds is 29. The van der Waals surface area contributed by atoms with E-state index in [0.717, 1.165) is 77.0 Å². The van der Waals surface area contributed by atoms with Gasteiger partial charge < -0.3 is 10.4 Å². The van der Waals surface area contributed by atoms with Crippen LogP contribution in [-0.2, 0) is 14.9 Å². The molecule has 6 nitrogen and oxygen atoms in total. The van der Waals surface area contributed by atoms with Crippen LogP contribution >= 0.6 is 0 Å². The van der Waals surface area contributed by atoms with Gasteiger partial charge in [0, 0.05) is 6.42 Å². The molecule has 7 heteroatoms. The molecule has 0 saturated carbocycles. The quantitative estimate of drug-likeness (QED) is 0.0432. The Morgan fingerprint density at radius 3 is 1.70 bits per heavy atom. The molecule has 0 radical (unpaired) electrons.